The van der Waals surface area contributed by atoms with Crippen LogP contribution in [0.4, 0.5) is 5.95 Å². The van der Waals surface area contributed by atoms with Crippen molar-refractivity contribution in [3.8, 4) is 0 Å². The van der Waals surface area contributed by atoms with Gasteiger partial charge in [-0.3, -0.25) is 5.43 Å². The van der Waals surface area contributed by atoms with Crippen LogP contribution in [0.25, 0.3) is 0 Å². The standard InChI is InChI=1S/C11H12ClN5O2S/c12-10-4-2-1-3-8(10)5-16-20(18,19)9-6-14-11(17-13)15-7-9/h1-4,6-7,16H,5,13H2,(H,14,15,17). The van der Waals surface area contributed by atoms with Crippen LogP contribution in [0.2, 0.25) is 5.02 Å². The van der Waals surface area contributed by atoms with Gasteiger partial charge >= 0.3 is 0 Å². The zero-order chi connectivity index (χ0) is 14.6. The number of nitrogens with one attached hydrogen (secondary N) is 2. The molecule has 0 bridgehead atoms. The van der Waals surface area contributed by atoms with Gasteiger partial charge in [0.25, 0.3) is 0 Å². The zero-order valence-electron chi connectivity index (χ0n) is 10.2. The second-order valence-electron chi connectivity index (χ2n) is 3.80. The molecule has 1 aromatic carbocycles. The lowest BCUT2D eigenvalue weighted by molar-refractivity contribution is 0.580. The number of rotatable bonds is 5. The highest BCUT2D eigenvalue weighted by Gasteiger charge is 2.15. The third-order valence-corrected chi connectivity index (χ3v) is 4.20. The van der Waals surface area contributed by atoms with Crippen molar-refractivity contribution in [2.75, 3.05) is 5.43 Å². The van der Waals surface area contributed by atoms with Crippen LogP contribution in [0.1, 0.15) is 5.56 Å². The fraction of sp³-hybridized carbons (Fsp3) is 0.0909. The van der Waals surface area contributed by atoms with Gasteiger partial charge in [0.05, 0.1) is 12.4 Å². The molecule has 1 aromatic heterocycles. The first kappa shape index (κ1) is 14.7. The molecule has 0 saturated carbocycles. The molecule has 0 aliphatic carbocycles. The lowest BCUT2D eigenvalue weighted by Gasteiger charge is -2.08. The Kier molecular flexibility index (Phi) is 4.50. The number of hydrogen-bond acceptors (Lipinski definition) is 6. The summed E-state index contributed by atoms with van der Waals surface area (Å²) in [5.41, 5.74) is 2.90. The van der Waals surface area contributed by atoms with E-state index in [9.17, 15) is 8.42 Å². The third kappa shape index (κ3) is 3.42. The minimum atomic E-state index is -3.70. The Bertz CT molecular complexity index is 690. The van der Waals surface area contributed by atoms with Crippen molar-refractivity contribution in [2.45, 2.75) is 11.4 Å². The minimum absolute atomic E-state index is 0.0523. The SMILES string of the molecule is NNc1ncc(S(=O)(=O)NCc2ccccc2Cl)cn1. The van der Waals surface area contributed by atoms with E-state index in [4.69, 9.17) is 17.4 Å². The molecule has 0 fully saturated rings. The van der Waals surface area contributed by atoms with Crippen molar-refractivity contribution >= 4 is 27.6 Å². The lowest BCUT2D eigenvalue weighted by atomic mass is 10.2. The summed E-state index contributed by atoms with van der Waals surface area (Å²) in [6.45, 7) is 0.0822. The number of halogens is 1. The predicted molar refractivity (Wildman–Crippen MR) is 75.3 cm³/mol. The van der Waals surface area contributed by atoms with E-state index in [-0.39, 0.29) is 17.4 Å². The van der Waals surface area contributed by atoms with Gasteiger partial charge in [0.2, 0.25) is 16.0 Å². The quantitative estimate of drug-likeness (QED) is 0.558. The Labute approximate surface area is 121 Å². The van der Waals surface area contributed by atoms with Gasteiger partial charge in [-0.15, -0.1) is 0 Å². The van der Waals surface area contributed by atoms with E-state index in [0.717, 1.165) is 12.4 Å². The number of anilines is 1. The Morgan fingerprint density at radius 3 is 2.45 bits per heavy atom. The van der Waals surface area contributed by atoms with E-state index in [1.165, 1.54) is 0 Å². The maximum absolute atomic E-state index is 12.0. The van der Waals surface area contributed by atoms with Gasteiger partial charge in [0.15, 0.2) is 0 Å². The Morgan fingerprint density at radius 1 is 1.20 bits per heavy atom. The summed E-state index contributed by atoms with van der Waals surface area (Å²) >= 11 is 5.96. The first-order chi connectivity index (χ1) is 9.53. The molecular weight excluding hydrogens is 302 g/mol. The van der Waals surface area contributed by atoms with E-state index in [1.807, 2.05) is 0 Å². The summed E-state index contributed by atoms with van der Waals surface area (Å²) in [4.78, 5) is 7.43. The number of nitrogen functional groups attached to an aromatic ring is 1. The number of benzene rings is 1. The van der Waals surface area contributed by atoms with Crippen LogP contribution in [-0.2, 0) is 16.6 Å². The molecule has 0 saturated heterocycles. The topological polar surface area (TPSA) is 110 Å². The van der Waals surface area contributed by atoms with E-state index >= 15 is 0 Å². The van der Waals surface area contributed by atoms with Gasteiger partial charge in [-0.05, 0) is 11.6 Å². The highest BCUT2D eigenvalue weighted by molar-refractivity contribution is 7.89. The first-order valence-electron chi connectivity index (χ1n) is 5.54. The summed E-state index contributed by atoms with van der Waals surface area (Å²) in [5.74, 6) is 5.24. The Morgan fingerprint density at radius 2 is 1.85 bits per heavy atom. The van der Waals surface area contributed by atoms with Crippen molar-refractivity contribution < 1.29 is 8.42 Å². The van der Waals surface area contributed by atoms with Crippen LogP contribution >= 0.6 is 11.6 Å². The molecule has 2 aromatic rings. The molecule has 20 heavy (non-hydrogen) atoms. The van der Waals surface area contributed by atoms with Gasteiger partial charge in [0, 0.05) is 11.6 Å². The predicted octanol–water partition coefficient (Wildman–Crippen LogP) is 0.894. The fourth-order valence-electron chi connectivity index (χ4n) is 1.43. The van der Waals surface area contributed by atoms with Crippen LogP contribution in [0.3, 0.4) is 0 Å². The normalized spacial score (nSPS) is 11.3. The van der Waals surface area contributed by atoms with Crippen molar-refractivity contribution in [1.82, 2.24) is 14.7 Å². The second kappa shape index (κ2) is 6.14. The molecule has 0 aliphatic rings. The largest absolute Gasteiger partial charge is 0.292 e. The number of hydrazine groups is 1. The van der Waals surface area contributed by atoms with Crippen LogP contribution in [0.5, 0.6) is 0 Å². The van der Waals surface area contributed by atoms with Gasteiger partial charge < -0.3 is 0 Å². The molecule has 0 atom stereocenters. The average Bonchev–Trinajstić information content (AvgIpc) is 2.46. The zero-order valence-corrected chi connectivity index (χ0v) is 11.8. The molecule has 106 valence electrons. The number of sulfonamides is 1. The molecule has 9 heteroatoms. The summed E-state index contributed by atoms with van der Waals surface area (Å²) < 4.78 is 26.5. The molecular formula is C11H12ClN5O2S. The van der Waals surface area contributed by atoms with E-state index < -0.39 is 10.0 Å². The van der Waals surface area contributed by atoms with E-state index in [1.54, 1.807) is 24.3 Å². The second-order valence-corrected chi connectivity index (χ2v) is 5.98. The molecule has 0 radical (unpaired) electrons. The van der Waals surface area contributed by atoms with E-state index in [2.05, 4.69) is 20.1 Å². The van der Waals surface area contributed by atoms with Gasteiger partial charge in [-0.25, -0.2) is 29.0 Å². The van der Waals surface area contributed by atoms with Gasteiger partial charge in [-0.1, -0.05) is 29.8 Å². The molecule has 7 nitrogen and oxygen atoms in total. The summed E-state index contributed by atoms with van der Waals surface area (Å²) in [7, 11) is -3.70. The summed E-state index contributed by atoms with van der Waals surface area (Å²) in [6.07, 6.45) is 2.33. The van der Waals surface area contributed by atoms with Crippen molar-refractivity contribution in [3.05, 3.63) is 47.2 Å². The van der Waals surface area contributed by atoms with E-state index in [0.29, 0.717) is 10.6 Å². The number of aromatic nitrogens is 2. The third-order valence-electron chi connectivity index (χ3n) is 2.48. The number of hydrogen-bond donors (Lipinski definition) is 3. The van der Waals surface area contributed by atoms with Crippen molar-refractivity contribution in [2.24, 2.45) is 5.84 Å². The van der Waals surface area contributed by atoms with Crippen LogP contribution in [-0.4, -0.2) is 18.4 Å². The molecule has 2 rings (SSSR count). The van der Waals surface area contributed by atoms with Gasteiger partial charge in [-0.2, -0.15) is 0 Å². The average molecular weight is 314 g/mol. The maximum Gasteiger partial charge on any atom is 0.243 e. The Balaban J connectivity index is 2.13. The number of nitrogens with two attached hydrogens (primary N) is 1. The monoisotopic (exact) mass is 313 g/mol. The van der Waals surface area contributed by atoms with Crippen LogP contribution in [0.15, 0.2) is 41.6 Å². The summed E-state index contributed by atoms with van der Waals surface area (Å²) in [6, 6.07) is 6.98. The molecule has 0 unspecified atom stereocenters. The summed E-state index contributed by atoms with van der Waals surface area (Å²) in [5, 5.41) is 0.495. The maximum atomic E-state index is 12.0. The van der Waals surface area contributed by atoms with Crippen molar-refractivity contribution in [3.63, 3.8) is 0 Å². The highest BCUT2D eigenvalue weighted by atomic mass is 35.5. The van der Waals surface area contributed by atoms with Crippen molar-refractivity contribution in [1.29, 1.82) is 0 Å². The Hall–Kier alpha value is -1.74. The first-order valence-corrected chi connectivity index (χ1v) is 7.41. The lowest BCUT2D eigenvalue weighted by Crippen LogP contribution is -2.24. The minimum Gasteiger partial charge on any atom is -0.292 e. The number of nitrogens with zero attached hydrogens (tertiary/aromatic N) is 2. The van der Waals surface area contributed by atoms with Crippen LogP contribution in [0, 0.1) is 0 Å². The molecule has 0 amide bonds. The molecule has 1 heterocycles. The smallest absolute Gasteiger partial charge is 0.243 e. The molecule has 0 aliphatic heterocycles. The molecule has 0 spiro atoms. The molecule has 4 N–H and O–H groups in total. The highest BCUT2D eigenvalue weighted by Crippen LogP contribution is 2.15. The van der Waals surface area contributed by atoms with Gasteiger partial charge in [0.1, 0.15) is 4.90 Å². The fourth-order valence-corrected chi connectivity index (χ4v) is 2.53. The van der Waals surface area contributed by atoms with Crippen LogP contribution < -0.4 is 16.0 Å².